The van der Waals surface area contributed by atoms with Crippen LogP contribution >= 0.6 is 0 Å². The van der Waals surface area contributed by atoms with Crippen LogP contribution in [0.25, 0.3) is 0 Å². The van der Waals surface area contributed by atoms with Crippen LogP contribution < -0.4 is 10.2 Å². The summed E-state index contributed by atoms with van der Waals surface area (Å²) in [6.45, 7) is 12.1. The Hall–Kier alpha value is -2.41. The van der Waals surface area contributed by atoms with Crippen LogP contribution in [0.4, 0.5) is 5.82 Å². The van der Waals surface area contributed by atoms with Gasteiger partial charge >= 0.3 is 0 Å². The molecule has 0 unspecified atom stereocenters. The number of nitrogens with one attached hydrogen (secondary N) is 1. The number of carbonyl (C=O) groups excluding carboxylic acids is 1. The second-order valence-electron chi connectivity index (χ2n) is 7.75. The molecule has 2 aromatic heterocycles. The van der Waals surface area contributed by atoms with E-state index in [1.165, 1.54) is 0 Å². The summed E-state index contributed by atoms with van der Waals surface area (Å²) >= 11 is 0. The van der Waals surface area contributed by atoms with E-state index in [1.54, 1.807) is 6.20 Å². The van der Waals surface area contributed by atoms with Gasteiger partial charge in [-0.05, 0) is 39.3 Å². The molecule has 1 saturated heterocycles. The number of pyridine rings is 1. The van der Waals surface area contributed by atoms with Crippen molar-refractivity contribution >= 4 is 11.7 Å². The fraction of sp³-hybridized carbons (Fsp3) is 0.571. The van der Waals surface area contributed by atoms with Gasteiger partial charge in [-0.15, -0.1) is 0 Å². The Labute approximate surface area is 167 Å². The van der Waals surface area contributed by atoms with E-state index >= 15 is 0 Å². The van der Waals surface area contributed by atoms with Crippen LogP contribution in [0.5, 0.6) is 0 Å². The number of nitrogens with zero attached hydrogens (tertiary/aromatic N) is 4. The van der Waals surface area contributed by atoms with Gasteiger partial charge in [-0.2, -0.15) is 0 Å². The van der Waals surface area contributed by atoms with Crippen molar-refractivity contribution in [3.8, 4) is 0 Å². The van der Waals surface area contributed by atoms with Gasteiger partial charge in [0.05, 0.1) is 17.8 Å². The number of hydrogen-bond donors (Lipinski definition) is 1. The van der Waals surface area contributed by atoms with Gasteiger partial charge in [0.25, 0.3) is 5.91 Å². The first kappa shape index (κ1) is 20.3. The number of aromatic nitrogens is 2. The van der Waals surface area contributed by atoms with Crippen LogP contribution in [0.1, 0.15) is 55.9 Å². The Morgan fingerprint density at radius 3 is 2.82 bits per heavy atom. The van der Waals surface area contributed by atoms with E-state index in [1.807, 2.05) is 18.2 Å². The molecule has 0 saturated carbocycles. The summed E-state index contributed by atoms with van der Waals surface area (Å²) in [7, 11) is 0. The zero-order valence-corrected chi connectivity index (χ0v) is 17.3. The molecule has 0 radical (unpaired) electrons. The summed E-state index contributed by atoms with van der Waals surface area (Å²) in [5.74, 6) is 1.43. The number of rotatable bonds is 7. The number of anilines is 1. The Balaban J connectivity index is 1.54. The molecule has 7 nitrogen and oxygen atoms in total. The van der Waals surface area contributed by atoms with Crippen LogP contribution in [0, 0.1) is 0 Å². The van der Waals surface area contributed by atoms with E-state index in [-0.39, 0.29) is 5.91 Å². The first-order valence-electron chi connectivity index (χ1n) is 10.2. The fourth-order valence-electron chi connectivity index (χ4n) is 3.74. The molecule has 28 heavy (non-hydrogen) atoms. The normalized spacial score (nSPS) is 17.9. The number of hydrogen-bond acceptors (Lipinski definition) is 6. The topological polar surface area (TPSA) is 74.5 Å². The van der Waals surface area contributed by atoms with Crippen molar-refractivity contribution in [2.75, 3.05) is 24.5 Å². The highest BCUT2D eigenvalue weighted by Gasteiger charge is 2.26. The molecule has 1 aliphatic rings. The van der Waals surface area contributed by atoms with Crippen molar-refractivity contribution < 1.29 is 9.32 Å². The molecule has 0 spiro atoms. The number of aryl methyl sites for hydroxylation is 1. The zero-order chi connectivity index (χ0) is 20.1. The van der Waals surface area contributed by atoms with Crippen molar-refractivity contribution in [1.82, 2.24) is 20.4 Å². The van der Waals surface area contributed by atoms with Crippen molar-refractivity contribution in [1.29, 1.82) is 0 Å². The van der Waals surface area contributed by atoms with Gasteiger partial charge in [-0.1, -0.05) is 18.5 Å². The predicted octanol–water partition coefficient (Wildman–Crippen LogP) is 2.87. The molecule has 2 aromatic rings. The molecule has 1 atom stereocenters. The van der Waals surface area contributed by atoms with Crippen molar-refractivity contribution in [2.45, 2.75) is 59.2 Å². The third-order valence-electron chi connectivity index (χ3n) is 5.21. The molecule has 3 rings (SSSR count). The van der Waals surface area contributed by atoms with E-state index in [0.29, 0.717) is 30.0 Å². The molecule has 0 bridgehead atoms. The van der Waals surface area contributed by atoms with Gasteiger partial charge in [-0.3, -0.25) is 9.69 Å². The smallest absolute Gasteiger partial charge is 0.253 e. The highest BCUT2D eigenvalue weighted by molar-refractivity contribution is 5.93. The van der Waals surface area contributed by atoms with Crippen molar-refractivity contribution in [3.05, 3.63) is 41.4 Å². The Morgan fingerprint density at radius 2 is 2.18 bits per heavy atom. The minimum Gasteiger partial charge on any atom is -0.359 e. The lowest BCUT2D eigenvalue weighted by atomic mass is 10.1. The number of amides is 1. The largest absolute Gasteiger partial charge is 0.359 e. The molecule has 152 valence electrons. The molecular formula is C21H31N5O2. The summed E-state index contributed by atoms with van der Waals surface area (Å²) in [4.78, 5) is 21.7. The Bertz CT molecular complexity index is 771. The lowest BCUT2D eigenvalue weighted by molar-refractivity contribution is 0.0946. The molecule has 1 aliphatic heterocycles. The van der Waals surface area contributed by atoms with Gasteiger partial charge in [0, 0.05) is 44.0 Å². The van der Waals surface area contributed by atoms with Gasteiger partial charge in [0.1, 0.15) is 5.82 Å². The molecule has 1 fully saturated rings. The van der Waals surface area contributed by atoms with E-state index in [0.717, 1.165) is 44.0 Å². The predicted molar refractivity (Wildman–Crippen MR) is 109 cm³/mol. The highest BCUT2D eigenvalue weighted by Crippen LogP contribution is 2.19. The standard InChI is InChI=1S/C21H31N5O2/c1-5-6-18-11-19(28-24-18)13-23-21(27)17-7-8-20(22-12-17)25-9-10-26(15(2)3)16(4)14-25/h7-8,11-12,15-16H,5-6,9-10,13-14H2,1-4H3,(H,23,27)/t16-/m1/s1. The minimum atomic E-state index is -0.162. The lowest BCUT2D eigenvalue weighted by Gasteiger charge is -2.42. The van der Waals surface area contributed by atoms with Gasteiger partial charge in [0.2, 0.25) is 0 Å². The van der Waals surface area contributed by atoms with Gasteiger partial charge in [0.15, 0.2) is 5.76 Å². The van der Waals surface area contributed by atoms with Gasteiger partial charge in [-0.25, -0.2) is 4.98 Å². The highest BCUT2D eigenvalue weighted by atomic mass is 16.5. The summed E-state index contributed by atoms with van der Waals surface area (Å²) in [6, 6.07) is 6.69. The second kappa shape index (κ2) is 9.19. The molecule has 7 heteroatoms. The number of piperazine rings is 1. The molecule has 0 aromatic carbocycles. The Kier molecular flexibility index (Phi) is 6.67. The van der Waals surface area contributed by atoms with Crippen LogP contribution in [-0.4, -0.2) is 52.7 Å². The monoisotopic (exact) mass is 385 g/mol. The SMILES string of the molecule is CCCc1cc(CNC(=O)c2ccc(N3CCN(C(C)C)[C@H](C)C3)nc2)on1. The van der Waals surface area contributed by atoms with Crippen molar-refractivity contribution in [3.63, 3.8) is 0 Å². The first-order valence-corrected chi connectivity index (χ1v) is 10.2. The van der Waals surface area contributed by atoms with E-state index < -0.39 is 0 Å². The molecular weight excluding hydrogens is 354 g/mol. The maximum absolute atomic E-state index is 12.4. The van der Waals surface area contributed by atoms with Gasteiger partial charge < -0.3 is 14.7 Å². The van der Waals surface area contributed by atoms with Crippen LogP contribution in [0.3, 0.4) is 0 Å². The summed E-state index contributed by atoms with van der Waals surface area (Å²) in [6.07, 6.45) is 3.54. The fourth-order valence-corrected chi connectivity index (χ4v) is 3.74. The van der Waals surface area contributed by atoms with E-state index in [9.17, 15) is 4.79 Å². The summed E-state index contributed by atoms with van der Waals surface area (Å²) in [5, 5.41) is 6.86. The second-order valence-corrected chi connectivity index (χ2v) is 7.75. The summed E-state index contributed by atoms with van der Waals surface area (Å²) in [5.41, 5.74) is 1.47. The summed E-state index contributed by atoms with van der Waals surface area (Å²) < 4.78 is 5.25. The molecule has 3 heterocycles. The Morgan fingerprint density at radius 1 is 1.36 bits per heavy atom. The molecule has 1 amide bonds. The average molecular weight is 386 g/mol. The molecule has 1 N–H and O–H groups in total. The minimum absolute atomic E-state index is 0.162. The maximum atomic E-state index is 12.4. The van der Waals surface area contributed by atoms with Crippen LogP contribution in [-0.2, 0) is 13.0 Å². The van der Waals surface area contributed by atoms with Crippen LogP contribution in [0.2, 0.25) is 0 Å². The third kappa shape index (κ3) is 4.90. The zero-order valence-electron chi connectivity index (χ0n) is 17.3. The third-order valence-corrected chi connectivity index (χ3v) is 5.21. The first-order chi connectivity index (χ1) is 13.5. The average Bonchev–Trinajstić information content (AvgIpc) is 3.13. The lowest BCUT2D eigenvalue weighted by Crippen LogP contribution is -2.54. The molecule has 0 aliphatic carbocycles. The van der Waals surface area contributed by atoms with E-state index in [2.05, 4.69) is 53.0 Å². The quantitative estimate of drug-likeness (QED) is 0.790. The number of carbonyl (C=O) groups is 1. The van der Waals surface area contributed by atoms with E-state index in [4.69, 9.17) is 4.52 Å². The van der Waals surface area contributed by atoms with Crippen molar-refractivity contribution in [2.24, 2.45) is 0 Å². The van der Waals surface area contributed by atoms with Crippen LogP contribution in [0.15, 0.2) is 28.9 Å². The maximum Gasteiger partial charge on any atom is 0.253 e.